The molecule has 0 atom stereocenters. The SMILES string of the molecule is NCCc1ccc(-c2c(Cl)c(Cl)c(Cl)c(Cl)c2Cl)cc1F. The van der Waals surface area contributed by atoms with E-state index >= 15 is 0 Å². The number of rotatable bonds is 3. The third-order valence-corrected chi connectivity index (χ3v) is 5.24. The quantitative estimate of drug-likeness (QED) is 0.488. The van der Waals surface area contributed by atoms with E-state index in [0.717, 1.165) is 0 Å². The van der Waals surface area contributed by atoms with Crippen LogP contribution in [0.1, 0.15) is 5.56 Å². The van der Waals surface area contributed by atoms with Gasteiger partial charge in [-0.05, 0) is 30.2 Å². The largest absolute Gasteiger partial charge is 0.330 e. The van der Waals surface area contributed by atoms with E-state index < -0.39 is 5.82 Å². The zero-order valence-corrected chi connectivity index (χ0v) is 14.3. The van der Waals surface area contributed by atoms with Crippen molar-refractivity contribution in [1.82, 2.24) is 0 Å². The molecule has 0 aliphatic heterocycles. The van der Waals surface area contributed by atoms with Crippen molar-refractivity contribution in [1.29, 1.82) is 0 Å². The van der Waals surface area contributed by atoms with Gasteiger partial charge in [0.2, 0.25) is 0 Å². The third-order valence-electron chi connectivity index (χ3n) is 2.97. The lowest BCUT2D eigenvalue weighted by Gasteiger charge is -2.13. The number of hydrogen-bond acceptors (Lipinski definition) is 1. The Morgan fingerprint density at radius 2 is 1.38 bits per heavy atom. The molecular formula is C14H9Cl5FN. The van der Waals surface area contributed by atoms with Gasteiger partial charge in [-0.15, -0.1) is 0 Å². The molecule has 0 spiro atoms. The van der Waals surface area contributed by atoms with Crippen LogP contribution in [0, 0.1) is 5.82 Å². The maximum atomic E-state index is 14.0. The Hall–Kier alpha value is -0.220. The van der Waals surface area contributed by atoms with Gasteiger partial charge >= 0.3 is 0 Å². The molecule has 0 radical (unpaired) electrons. The van der Waals surface area contributed by atoms with E-state index in [-0.39, 0.29) is 25.1 Å². The second-order valence-electron chi connectivity index (χ2n) is 4.29. The molecule has 112 valence electrons. The Bertz CT molecular complexity index is 673. The van der Waals surface area contributed by atoms with Gasteiger partial charge in [0.1, 0.15) is 5.82 Å². The lowest BCUT2D eigenvalue weighted by Crippen LogP contribution is -2.04. The topological polar surface area (TPSA) is 26.0 Å². The highest BCUT2D eigenvalue weighted by Gasteiger charge is 2.21. The normalized spacial score (nSPS) is 11.0. The summed E-state index contributed by atoms with van der Waals surface area (Å²) in [5.41, 5.74) is 6.74. The summed E-state index contributed by atoms with van der Waals surface area (Å²) in [5, 5.41) is 0.477. The predicted octanol–water partition coefficient (Wildman–Crippen LogP) is 6.26. The van der Waals surface area contributed by atoms with E-state index in [1.165, 1.54) is 6.07 Å². The molecule has 0 aliphatic rings. The number of nitrogens with two attached hydrogens (primary N) is 1. The molecule has 0 saturated carbocycles. The van der Waals surface area contributed by atoms with Gasteiger partial charge in [-0.1, -0.05) is 70.1 Å². The fourth-order valence-electron chi connectivity index (χ4n) is 1.92. The minimum absolute atomic E-state index is 0.0670. The number of benzene rings is 2. The molecule has 0 aliphatic carbocycles. The molecular weight excluding hydrogens is 378 g/mol. The molecule has 0 heterocycles. The lowest BCUT2D eigenvalue weighted by atomic mass is 10.0. The molecule has 2 aromatic rings. The molecule has 1 nitrogen and oxygen atoms in total. The van der Waals surface area contributed by atoms with Crippen LogP contribution in [-0.4, -0.2) is 6.54 Å². The first kappa shape index (κ1) is 17.1. The zero-order chi connectivity index (χ0) is 15.7. The van der Waals surface area contributed by atoms with Crippen LogP contribution in [0.4, 0.5) is 4.39 Å². The Morgan fingerprint density at radius 3 is 1.86 bits per heavy atom. The van der Waals surface area contributed by atoms with Crippen LogP contribution in [0.15, 0.2) is 18.2 Å². The van der Waals surface area contributed by atoms with Gasteiger partial charge in [0.25, 0.3) is 0 Å². The Labute approximate surface area is 146 Å². The van der Waals surface area contributed by atoms with Crippen LogP contribution in [0.5, 0.6) is 0 Å². The third kappa shape index (κ3) is 3.26. The summed E-state index contributed by atoms with van der Waals surface area (Å²) in [4.78, 5) is 0. The highest BCUT2D eigenvalue weighted by Crippen LogP contribution is 2.48. The van der Waals surface area contributed by atoms with Gasteiger partial charge in [0.15, 0.2) is 0 Å². The van der Waals surface area contributed by atoms with Crippen LogP contribution < -0.4 is 5.73 Å². The zero-order valence-electron chi connectivity index (χ0n) is 10.5. The van der Waals surface area contributed by atoms with Gasteiger partial charge in [0.05, 0.1) is 25.1 Å². The smallest absolute Gasteiger partial charge is 0.127 e. The molecule has 2 aromatic carbocycles. The van der Waals surface area contributed by atoms with Crippen molar-refractivity contribution in [2.75, 3.05) is 6.54 Å². The van der Waals surface area contributed by atoms with E-state index in [1.54, 1.807) is 12.1 Å². The number of halogens is 6. The standard InChI is InChI=1S/C14H9Cl5FN/c15-10-9(11(16)13(18)14(19)12(10)17)7-2-1-6(3-4-21)8(20)5-7/h1-2,5H,3-4,21H2. The minimum atomic E-state index is -0.396. The van der Waals surface area contributed by atoms with Crippen molar-refractivity contribution in [3.8, 4) is 11.1 Å². The van der Waals surface area contributed by atoms with Crippen molar-refractivity contribution in [3.63, 3.8) is 0 Å². The van der Waals surface area contributed by atoms with Crippen molar-refractivity contribution in [3.05, 3.63) is 54.7 Å². The first-order valence-electron chi connectivity index (χ1n) is 5.88. The summed E-state index contributed by atoms with van der Waals surface area (Å²) >= 11 is 30.3. The highest BCUT2D eigenvalue weighted by molar-refractivity contribution is 6.56. The molecule has 0 saturated heterocycles. The van der Waals surface area contributed by atoms with Crippen molar-refractivity contribution in [2.24, 2.45) is 5.73 Å². The van der Waals surface area contributed by atoms with Gasteiger partial charge in [-0.3, -0.25) is 0 Å². The average Bonchev–Trinajstić information content (AvgIpc) is 2.46. The predicted molar refractivity (Wildman–Crippen MR) is 89.6 cm³/mol. The van der Waals surface area contributed by atoms with E-state index in [2.05, 4.69) is 0 Å². The Morgan fingerprint density at radius 1 is 0.857 bits per heavy atom. The van der Waals surface area contributed by atoms with Crippen LogP contribution in [0.3, 0.4) is 0 Å². The van der Waals surface area contributed by atoms with Gasteiger partial charge in [0, 0.05) is 5.56 Å². The minimum Gasteiger partial charge on any atom is -0.330 e. The van der Waals surface area contributed by atoms with E-state index in [9.17, 15) is 4.39 Å². The summed E-state index contributed by atoms with van der Waals surface area (Å²) in [6, 6.07) is 4.63. The van der Waals surface area contributed by atoms with Gasteiger partial charge in [-0.25, -0.2) is 4.39 Å². The number of hydrogen-bond donors (Lipinski definition) is 1. The maximum Gasteiger partial charge on any atom is 0.127 e. The molecule has 7 heteroatoms. The lowest BCUT2D eigenvalue weighted by molar-refractivity contribution is 0.610. The van der Waals surface area contributed by atoms with Crippen LogP contribution in [-0.2, 0) is 6.42 Å². The fraction of sp³-hybridized carbons (Fsp3) is 0.143. The fourth-order valence-corrected chi connectivity index (χ4v) is 3.28. The van der Waals surface area contributed by atoms with Crippen LogP contribution in [0.25, 0.3) is 11.1 Å². The summed E-state index contributed by atoms with van der Waals surface area (Å²) < 4.78 is 14.0. The van der Waals surface area contributed by atoms with Crippen molar-refractivity contribution >= 4 is 58.0 Å². The van der Waals surface area contributed by atoms with E-state index in [4.69, 9.17) is 63.7 Å². The second kappa shape index (κ2) is 6.91. The summed E-state index contributed by atoms with van der Waals surface area (Å²) in [6.07, 6.45) is 0.440. The maximum absolute atomic E-state index is 14.0. The molecule has 0 unspecified atom stereocenters. The first-order valence-corrected chi connectivity index (χ1v) is 7.77. The van der Waals surface area contributed by atoms with Crippen LogP contribution >= 0.6 is 58.0 Å². The second-order valence-corrected chi connectivity index (χ2v) is 6.18. The van der Waals surface area contributed by atoms with E-state index in [0.29, 0.717) is 29.7 Å². The monoisotopic (exact) mass is 385 g/mol. The van der Waals surface area contributed by atoms with Gasteiger partial charge in [-0.2, -0.15) is 0 Å². The summed E-state index contributed by atoms with van der Waals surface area (Å²) in [6.45, 7) is 0.358. The first-order chi connectivity index (χ1) is 9.88. The van der Waals surface area contributed by atoms with Gasteiger partial charge < -0.3 is 5.73 Å². The van der Waals surface area contributed by atoms with E-state index in [1.807, 2.05) is 0 Å². The van der Waals surface area contributed by atoms with Crippen molar-refractivity contribution < 1.29 is 4.39 Å². The Kier molecular flexibility index (Phi) is 5.64. The molecule has 0 amide bonds. The van der Waals surface area contributed by atoms with Crippen molar-refractivity contribution in [2.45, 2.75) is 6.42 Å². The molecule has 0 bridgehead atoms. The molecule has 2 rings (SSSR count). The molecule has 21 heavy (non-hydrogen) atoms. The van der Waals surface area contributed by atoms with Crippen LogP contribution in [0.2, 0.25) is 25.1 Å². The molecule has 0 aromatic heterocycles. The Balaban J connectivity index is 2.65. The summed E-state index contributed by atoms with van der Waals surface area (Å²) in [5.74, 6) is -0.396. The highest BCUT2D eigenvalue weighted by atomic mass is 35.5. The summed E-state index contributed by atoms with van der Waals surface area (Å²) in [7, 11) is 0. The molecule has 0 fully saturated rings. The average molecular weight is 387 g/mol. The molecule has 2 N–H and O–H groups in total.